The van der Waals surface area contributed by atoms with Crippen LogP contribution in [0.3, 0.4) is 0 Å². The molecule has 3 aliphatic heterocycles. The molecule has 2 fully saturated rings. The molecule has 0 spiro atoms. The van der Waals surface area contributed by atoms with E-state index in [4.69, 9.17) is 9.47 Å². The molecule has 0 saturated carbocycles. The Morgan fingerprint density at radius 3 is 2.75 bits per heavy atom. The van der Waals surface area contributed by atoms with Crippen LogP contribution in [0.25, 0.3) is 0 Å². The predicted octanol–water partition coefficient (Wildman–Crippen LogP) is 1.93. The first-order valence-electron chi connectivity index (χ1n) is 11.7. The number of hydrogen-bond donors (Lipinski definition) is 1. The number of aromatic nitrogens is 3. The average Bonchev–Trinajstić information content (AvgIpc) is 3.51. The first-order valence-corrected chi connectivity index (χ1v) is 11.7. The molecule has 5 heterocycles. The molecule has 3 aliphatic rings. The van der Waals surface area contributed by atoms with Crippen molar-refractivity contribution >= 4 is 17.5 Å². The lowest BCUT2D eigenvalue weighted by Crippen LogP contribution is -2.43. The Hall–Kier alpha value is -3.64. The lowest BCUT2D eigenvalue weighted by molar-refractivity contribution is -0.141. The second kappa shape index (κ2) is 9.43. The summed E-state index contributed by atoms with van der Waals surface area (Å²) < 4.78 is 51.5. The van der Waals surface area contributed by atoms with Crippen LogP contribution in [0.2, 0.25) is 0 Å². The van der Waals surface area contributed by atoms with Crippen molar-refractivity contribution in [2.75, 3.05) is 31.6 Å². The first kappa shape index (κ1) is 24.1. The molecule has 0 radical (unpaired) electrons. The molecule has 0 aromatic carbocycles. The Labute approximate surface area is 204 Å². The summed E-state index contributed by atoms with van der Waals surface area (Å²) in [5.74, 6) is -0.878. The highest BCUT2D eigenvalue weighted by Gasteiger charge is 2.39. The number of likely N-dealkylation sites (tertiary alicyclic amines) is 1. The summed E-state index contributed by atoms with van der Waals surface area (Å²) in [5.41, 5.74) is 0.745. The number of ether oxygens (including phenoxy) is 2. The molecular weight excluding hydrogens is 481 g/mol. The molecule has 2 aromatic heterocycles. The molecule has 36 heavy (non-hydrogen) atoms. The predicted molar refractivity (Wildman–Crippen MR) is 119 cm³/mol. The summed E-state index contributed by atoms with van der Waals surface area (Å²) in [5, 5.41) is 2.68. The normalized spacial score (nSPS) is 21.8. The van der Waals surface area contributed by atoms with E-state index in [1.807, 2.05) is 0 Å². The van der Waals surface area contributed by atoms with Crippen molar-refractivity contribution in [3.63, 3.8) is 0 Å². The van der Waals surface area contributed by atoms with E-state index in [0.717, 1.165) is 25.3 Å². The second-order valence-corrected chi connectivity index (χ2v) is 8.98. The van der Waals surface area contributed by atoms with E-state index in [-0.39, 0.29) is 24.8 Å². The number of rotatable bonds is 5. The maximum Gasteiger partial charge on any atom is 0.421 e. The van der Waals surface area contributed by atoms with Gasteiger partial charge in [0.05, 0.1) is 42.7 Å². The van der Waals surface area contributed by atoms with Crippen LogP contribution in [0.4, 0.5) is 18.9 Å². The van der Waals surface area contributed by atoms with E-state index in [1.54, 1.807) is 9.80 Å². The number of anilines is 1. The van der Waals surface area contributed by atoms with Crippen molar-refractivity contribution in [3.05, 3.63) is 35.4 Å². The average molecular weight is 506 g/mol. The van der Waals surface area contributed by atoms with E-state index < -0.39 is 29.8 Å². The molecule has 1 N–H and O–H groups in total. The van der Waals surface area contributed by atoms with Crippen LogP contribution in [0.15, 0.2) is 18.6 Å². The van der Waals surface area contributed by atoms with Crippen LogP contribution in [0, 0.1) is 5.92 Å². The summed E-state index contributed by atoms with van der Waals surface area (Å²) in [7, 11) is 1.15. The number of alkyl halides is 3. The maximum atomic E-state index is 13.5. The van der Waals surface area contributed by atoms with Crippen molar-refractivity contribution in [2.45, 2.75) is 44.6 Å². The van der Waals surface area contributed by atoms with Gasteiger partial charge in [-0.2, -0.15) is 13.2 Å². The summed E-state index contributed by atoms with van der Waals surface area (Å²) >= 11 is 0. The number of halogens is 3. The van der Waals surface area contributed by atoms with E-state index in [0.29, 0.717) is 49.6 Å². The number of nitrogens with zero attached hydrogens (tertiary/aromatic N) is 5. The van der Waals surface area contributed by atoms with Gasteiger partial charge >= 0.3 is 6.18 Å². The van der Waals surface area contributed by atoms with Gasteiger partial charge in [-0.05, 0) is 12.5 Å². The van der Waals surface area contributed by atoms with Gasteiger partial charge in [-0.1, -0.05) is 0 Å². The SMILES string of the molecule is COc1ncc(N2CCc3ncnc(OC4CCCN4C(=O)C4CNC(=O)C4)c3C2)cc1C(F)(F)F. The number of nitrogens with one attached hydrogen (secondary N) is 1. The van der Waals surface area contributed by atoms with Gasteiger partial charge in [0.25, 0.3) is 0 Å². The third kappa shape index (κ3) is 4.61. The summed E-state index contributed by atoms with van der Waals surface area (Å²) in [6.45, 7) is 1.49. The van der Waals surface area contributed by atoms with Crippen molar-refractivity contribution in [3.8, 4) is 11.8 Å². The highest BCUT2D eigenvalue weighted by molar-refractivity contribution is 5.89. The van der Waals surface area contributed by atoms with Crippen LogP contribution < -0.4 is 19.7 Å². The molecular formula is C23H25F3N6O4. The number of carbonyl (C=O) groups is 2. The highest BCUT2D eigenvalue weighted by atomic mass is 19.4. The molecule has 2 saturated heterocycles. The first-order chi connectivity index (χ1) is 17.2. The third-order valence-electron chi connectivity index (χ3n) is 6.72. The molecule has 2 atom stereocenters. The zero-order valence-corrected chi connectivity index (χ0v) is 19.5. The van der Waals surface area contributed by atoms with Gasteiger partial charge in [0.2, 0.25) is 23.6 Å². The molecule has 10 nitrogen and oxygen atoms in total. The van der Waals surface area contributed by atoms with Crippen LogP contribution in [0.1, 0.15) is 36.1 Å². The number of amides is 2. The number of fused-ring (bicyclic) bond motifs is 1. The number of hydrogen-bond acceptors (Lipinski definition) is 8. The van der Waals surface area contributed by atoms with E-state index in [9.17, 15) is 22.8 Å². The Morgan fingerprint density at radius 2 is 2.03 bits per heavy atom. The van der Waals surface area contributed by atoms with Crippen molar-refractivity contribution in [1.29, 1.82) is 0 Å². The van der Waals surface area contributed by atoms with Gasteiger partial charge in [-0.15, -0.1) is 0 Å². The molecule has 5 rings (SSSR count). The van der Waals surface area contributed by atoms with Gasteiger partial charge in [-0.3, -0.25) is 9.59 Å². The van der Waals surface area contributed by atoms with E-state index in [1.165, 1.54) is 12.5 Å². The van der Waals surface area contributed by atoms with Gasteiger partial charge < -0.3 is 24.6 Å². The van der Waals surface area contributed by atoms with Gasteiger partial charge in [0, 0.05) is 38.9 Å². The molecule has 0 aliphatic carbocycles. The number of methoxy groups -OCH3 is 1. The largest absolute Gasteiger partial charge is 0.481 e. The standard InChI is InChI=1S/C23H25F3N6O4/c1-35-21-16(23(24,25)26)8-14(10-28-21)31-6-4-17-15(11-31)20(30-12-29-17)36-19-3-2-5-32(19)22(34)13-7-18(33)27-9-13/h8,10,12-13,19H,2-7,9,11H2,1H3,(H,27,33). The Morgan fingerprint density at radius 1 is 1.19 bits per heavy atom. The molecule has 192 valence electrons. The quantitative estimate of drug-likeness (QED) is 0.655. The molecule has 2 unspecified atom stereocenters. The Bertz CT molecular complexity index is 1180. The fourth-order valence-electron chi connectivity index (χ4n) is 4.87. The molecule has 13 heteroatoms. The van der Waals surface area contributed by atoms with Crippen molar-refractivity contribution < 1.29 is 32.2 Å². The van der Waals surface area contributed by atoms with Crippen LogP contribution in [0.5, 0.6) is 11.8 Å². The zero-order chi connectivity index (χ0) is 25.4. The minimum Gasteiger partial charge on any atom is -0.481 e. The van der Waals surface area contributed by atoms with Crippen LogP contribution >= 0.6 is 0 Å². The fraction of sp³-hybridized carbons (Fsp3) is 0.522. The number of carbonyl (C=O) groups excluding carboxylic acids is 2. The number of pyridine rings is 1. The minimum atomic E-state index is -4.61. The monoisotopic (exact) mass is 506 g/mol. The van der Waals surface area contributed by atoms with Crippen LogP contribution in [-0.4, -0.2) is 64.6 Å². The van der Waals surface area contributed by atoms with Gasteiger partial charge in [0.1, 0.15) is 11.9 Å². The van der Waals surface area contributed by atoms with Crippen LogP contribution in [-0.2, 0) is 28.7 Å². The van der Waals surface area contributed by atoms with Gasteiger partial charge in [-0.25, -0.2) is 15.0 Å². The summed E-state index contributed by atoms with van der Waals surface area (Å²) in [6.07, 6.45) is -0.417. The molecule has 0 bridgehead atoms. The van der Waals surface area contributed by atoms with E-state index >= 15 is 0 Å². The van der Waals surface area contributed by atoms with Crippen molar-refractivity contribution in [2.24, 2.45) is 5.92 Å². The Balaban J connectivity index is 1.36. The minimum absolute atomic E-state index is 0.135. The highest BCUT2D eigenvalue weighted by Crippen LogP contribution is 2.38. The molecule has 2 amide bonds. The summed E-state index contributed by atoms with van der Waals surface area (Å²) in [6, 6.07) is 1.02. The lowest BCUT2D eigenvalue weighted by Gasteiger charge is -2.32. The van der Waals surface area contributed by atoms with E-state index in [2.05, 4.69) is 20.3 Å². The summed E-state index contributed by atoms with van der Waals surface area (Å²) in [4.78, 5) is 40.4. The van der Waals surface area contributed by atoms with Gasteiger partial charge in [0.15, 0.2) is 6.23 Å². The topological polar surface area (TPSA) is 110 Å². The Kier molecular flexibility index (Phi) is 6.31. The molecule has 2 aromatic rings. The zero-order valence-electron chi connectivity index (χ0n) is 19.5. The lowest BCUT2D eigenvalue weighted by atomic mass is 10.1. The second-order valence-electron chi connectivity index (χ2n) is 8.98. The smallest absolute Gasteiger partial charge is 0.421 e. The fourth-order valence-corrected chi connectivity index (χ4v) is 4.87. The van der Waals surface area contributed by atoms with Crippen molar-refractivity contribution in [1.82, 2.24) is 25.2 Å². The third-order valence-corrected chi connectivity index (χ3v) is 6.72. The maximum absolute atomic E-state index is 13.5.